The fourth-order valence-electron chi connectivity index (χ4n) is 3.22. The zero-order chi connectivity index (χ0) is 23.3. The van der Waals surface area contributed by atoms with Crippen LogP contribution in [-0.2, 0) is 20.9 Å². The molecule has 0 fully saturated rings. The second-order valence-electron chi connectivity index (χ2n) is 7.68. The molecular weight excluding hydrogens is 426 g/mol. The molecule has 0 aliphatic carbocycles. The van der Waals surface area contributed by atoms with E-state index in [-0.39, 0.29) is 6.61 Å². The van der Waals surface area contributed by atoms with E-state index < -0.39 is 11.9 Å². The molecule has 0 saturated heterocycles. The summed E-state index contributed by atoms with van der Waals surface area (Å²) in [6.07, 6.45) is 2.98. The van der Waals surface area contributed by atoms with E-state index in [1.165, 1.54) is 11.6 Å². The minimum atomic E-state index is -0.604. The van der Waals surface area contributed by atoms with Crippen molar-refractivity contribution in [2.24, 2.45) is 0 Å². The van der Waals surface area contributed by atoms with Gasteiger partial charge in [0.15, 0.2) is 6.61 Å². The van der Waals surface area contributed by atoms with Gasteiger partial charge in [0.2, 0.25) is 0 Å². The Bertz CT molecular complexity index is 1160. The van der Waals surface area contributed by atoms with Crippen LogP contribution in [-0.4, -0.2) is 28.3 Å². The number of rotatable bonds is 7. The quantitative estimate of drug-likeness (QED) is 0.404. The number of nitrogens with zero attached hydrogens (tertiary/aromatic N) is 2. The average Bonchev–Trinajstić information content (AvgIpc) is 3.01. The molecule has 2 aromatic carbocycles. The van der Waals surface area contributed by atoms with Crippen molar-refractivity contribution in [3.05, 3.63) is 87.2 Å². The predicted octanol–water partition coefficient (Wildman–Crippen LogP) is 5.01. The van der Waals surface area contributed by atoms with Crippen LogP contribution in [0.4, 0.5) is 5.69 Å². The highest BCUT2D eigenvalue weighted by Crippen LogP contribution is 2.20. The van der Waals surface area contributed by atoms with E-state index in [0.29, 0.717) is 17.3 Å². The van der Waals surface area contributed by atoms with E-state index in [4.69, 9.17) is 16.3 Å². The summed E-state index contributed by atoms with van der Waals surface area (Å²) in [7, 11) is 0. The molecule has 1 N–H and O–H groups in total. The van der Waals surface area contributed by atoms with Crippen LogP contribution in [0.3, 0.4) is 0 Å². The first-order chi connectivity index (χ1) is 15.2. The molecule has 0 radical (unpaired) electrons. The molecule has 32 heavy (non-hydrogen) atoms. The van der Waals surface area contributed by atoms with E-state index >= 15 is 0 Å². The van der Waals surface area contributed by atoms with Gasteiger partial charge < -0.3 is 10.1 Å². The summed E-state index contributed by atoms with van der Waals surface area (Å²) >= 11 is 5.95. The number of aryl methyl sites for hydroxylation is 3. The maximum atomic E-state index is 12.1. The zero-order valence-corrected chi connectivity index (χ0v) is 19.4. The number of carbonyl (C=O) groups is 2. The van der Waals surface area contributed by atoms with Crippen molar-refractivity contribution in [3.8, 4) is 0 Å². The molecule has 0 spiro atoms. The van der Waals surface area contributed by atoms with Crippen LogP contribution < -0.4 is 5.32 Å². The highest BCUT2D eigenvalue weighted by Gasteiger charge is 2.11. The highest BCUT2D eigenvalue weighted by molar-refractivity contribution is 6.31. The van der Waals surface area contributed by atoms with Gasteiger partial charge in [-0.1, -0.05) is 47.5 Å². The molecule has 7 heteroatoms. The van der Waals surface area contributed by atoms with Crippen molar-refractivity contribution >= 4 is 35.2 Å². The molecule has 166 valence electrons. The molecule has 0 aliphatic rings. The second-order valence-corrected chi connectivity index (χ2v) is 8.11. The van der Waals surface area contributed by atoms with Crippen molar-refractivity contribution < 1.29 is 14.3 Å². The number of halogens is 1. The van der Waals surface area contributed by atoms with Gasteiger partial charge in [0, 0.05) is 28.0 Å². The lowest BCUT2D eigenvalue weighted by Gasteiger charge is -2.08. The molecule has 1 aromatic heterocycles. The first kappa shape index (κ1) is 23.3. The van der Waals surface area contributed by atoms with Gasteiger partial charge >= 0.3 is 5.97 Å². The van der Waals surface area contributed by atoms with Crippen LogP contribution >= 0.6 is 11.6 Å². The molecular formula is C25H26ClN3O3. The summed E-state index contributed by atoms with van der Waals surface area (Å²) in [5.74, 6) is -1.04. The number of esters is 1. The largest absolute Gasteiger partial charge is 0.452 e. The number of ether oxygens (including phenoxy) is 1. The topological polar surface area (TPSA) is 73.2 Å². The van der Waals surface area contributed by atoms with E-state index in [0.717, 1.165) is 28.1 Å². The molecule has 3 rings (SSSR count). The zero-order valence-electron chi connectivity index (χ0n) is 18.6. The van der Waals surface area contributed by atoms with Gasteiger partial charge in [-0.25, -0.2) is 4.79 Å². The van der Waals surface area contributed by atoms with Gasteiger partial charge in [-0.05, 0) is 57.0 Å². The maximum Gasteiger partial charge on any atom is 0.331 e. The number of hydrogen-bond donors (Lipinski definition) is 1. The summed E-state index contributed by atoms with van der Waals surface area (Å²) in [5.41, 5.74) is 6.42. The minimum Gasteiger partial charge on any atom is -0.452 e. The van der Waals surface area contributed by atoms with E-state index in [1.807, 2.05) is 25.5 Å². The smallest absolute Gasteiger partial charge is 0.331 e. The number of nitrogens with one attached hydrogen (secondary N) is 1. The van der Waals surface area contributed by atoms with Crippen LogP contribution in [0.5, 0.6) is 0 Å². The first-order valence-electron chi connectivity index (χ1n) is 10.2. The molecule has 1 amide bonds. The Balaban J connectivity index is 1.58. The van der Waals surface area contributed by atoms with E-state index in [2.05, 4.69) is 41.6 Å². The van der Waals surface area contributed by atoms with Crippen molar-refractivity contribution in [1.82, 2.24) is 9.78 Å². The molecule has 0 saturated carbocycles. The third-order valence-corrected chi connectivity index (χ3v) is 5.33. The van der Waals surface area contributed by atoms with Crippen molar-refractivity contribution in [2.45, 2.75) is 34.2 Å². The summed E-state index contributed by atoms with van der Waals surface area (Å²) < 4.78 is 6.97. The summed E-state index contributed by atoms with van der Waals surface area (Å²) in [6, 6.07) is 13.5. The lowest BCUT2D eigenvalue weighted by Crippen LogP contribution is -2.20. The van der Waals surface area contributed by atoms with Gasteiger partial charge in [0.25, 0.3) is 5.91 Å². The van der Waals surface area contributed by atoms with Crippen molar-refractivity contribution in [1.29, 1.82) is 0 Å². The third-order valence-electron chi connectivity index (χ3n) is 5.10. The Morgan fingerprint density at radius 1 is 1.09 bits per heavy atom. The summed E-state index contributed by atoms with van der Waals surface area (Å²) in [5, 5.41) is 7.78. The predicted molar refractivity (Wildman–Crippen MR) is 127 cm³/mol. The number of benzene rings is 2. The average molecular weight is 452 g/mol. The lowest BCUT2D eigenvalue weighted by molar-refractivity contribution is -0.142. The maximum absolute atomic E-state index is 12.1. The third kappa shape index (κ3) is 6.08. The van der Waals surface area contributed by atoms with Gasteiger partial charge in [-0.2, -0.15) is 5.10 Å². The minimum absolute atomic E-state index is 0.389. The van der Waals surface area contributed by atoms with Crippen molar-refractivity contribution in [3.63, 3.8) is 0 Å². The summed E-state index contributed by atoms with van der Waals surface area (Å²) in [6.45, 7) is 8.01. The first-order valence-corrected chi connectivity index (χ1v) is 10.6. The van der Waals surface area contributed by atoms with Crippen molar-refractivity contribution in [2.75, 3.05) is 11.9 Å². The van der Waals surface area contributed by atoms with Crippen LogP contribution in [0.2, 0.25) is 5.02 Å². The molecule has 6 nitrogen and oxygen atoms in total. The fraction of sp³-hybridized carbons (Fsp3) is 0.240. The highest BCUT2D eigenvalue weighted by atomic mass is 35.5. The van der Waals surface area contributed by atoms with E-state index in [9.17, 15) is 9.59 Å². The van der Waals surface area contributed by atoms with E-state index in [1.54, 1.807) is 24.3 Å². The van der Waals surface area contributed by atoms with Gasteiger partial charge in [-0.3, -0.25) is 9.48 Å². The van der Waals surface area contributed by atoms with Crippen LogP contribution in [0.25, 0.3) is 6.08 Å². The van der Waals surface area contributed by atoms with Crippen LogP contribution in [0.15, 0.2) is 48.5 Å². The summed E-state index contributed by atoms with van der Waals surface area (Å²) in [4.78, 5) is 24.2. The monoisotopic (exact) mass is 451 g/mol. The molecule has 0 aliphatic heterocycles. The van der Waals surface area contributed by atoms with Gasteiger partial charge in [-0.15, -0.1) is 0 Å². The molecule has 0 atom stereocenters. The Kier molecular flexibility index (Phi) is 7.49. The SMILES string of the molecule is Cc1ccc(Cn2nc(C)c(/C=C/C(=O)OCC(=O)Nc3cc(Cl)ccc3C)c2C)cc1. The van der Waals surface area contributed by atoms with Gasteiger partial charge in [0.05, 0.1) is 12.2 Å². The molecule has 1 heterocycles. The number of hydrogen-bond acceptors (Lipinski definition) is 4. The van der Waals surface area contributed by atoms with Crippen LogP contribution in [0.1, 0.15) is 33.6 Å². The van der Waals surface area contributed by atoms with Gasteiger partial charge in [0.1, 0.15) is 0 Å². The Labute approximate surface area is 192 Å². The Hall–Kier alpha value is -3.38. The second kappa shape index (κ2) is 10.3. The number of aromatic nitrogens is 2. The number of anilines is 1. The normalized spacial score (nSPS) is 11.0. The molecule has 0 unspecified atom stereocenters. The Morgan fingerprint density at radius 2 is 1.81 bits per heavy atom. The lowest BCUT2D eigenvalue weighted by atomic mass is 10.1. The van der Waals surface area contributed by atoms with Crippen LogP contribution in [0, 0.1) is 27.7 Å². The number of carbonyl (C=O) groups excluding carboxylic acids is 2. The standard InChI is InChI=1S/C25H26ClN3O3/c1-16-5-8-20(9-6-16)14-29-19(4)22(18(3)28-29)11-12-25(31)32-15-24(30)27-23-13-21(26)10-7-17(23)2/h5-13H,14-15H2,1-4H3,(H,27,30)/b12-11+. The Morgan fingerprint density at radius 3 is 2.53 bits per heavy atom. The number of amides is 1. The fourth-order valence-corrected chi connectivity index (χ4v) is 3.40. The molecule has 3 aromatic rings. The molecule has 0 bridgehead atoms.